The number of phenolic OH excluding ortho intramolecular Hbond substituents is 1. The van der Waals surface area contributed by atoms with E-state index in [4.69, 9.17) is 0 Å². The molecule has 0 saturated carbocycles. The number of nitrogens with zero attached hydrogens (tertiary/aromatic N) is 3. The molecular formula is C18H24N3OS+. The molecular weight excluding hydrogens is 306 g/mol. The Morgan fingerprint density at radius 1 is 1.30 bits per heavy atom. The lowest BCUT2D eigenvalue weighted by atomic mass is 10.1. The van der Waals surface area contributed by atoms with Crippen LogP contribution in [0.2, 0.25) is 0 Å². The standard InChI is InChI=1S/C18H23N3OS/c1-5-12-21-18(23-14(4)19-21)11-9-15-8-10-16(13-17(15)22)20(6-2)7-3/h5,8-11,13H,1,6-7,12H2,2-4H3/p+1. The van der Waals surface area contributed by atoms with Crippen molar-refractivity contribution in [2.45, 2.75) is 27.3 Å². The summed E-state index contributed by atoms with van der Waals surface area (Å²) in [7, 11) is 0. The van der Waals surface area contributed by atoms with Crippen LogP contribution in [0.1, 0.15) is 29.4 Å². The molecule has 0 aliphatic heterocycles. The summed E-state index contributed by atoms with van der Waals surface area (Å²) in [5.74, 6) is 0.294. The van der Waals surface area contributed by atoms with E-state index in [0.717, 1.165) is 34.4 Å². The number of allylic oxidation sites excluding steroid dienone is 1. The lowest BCUT2D eigenvalue weighted by molar-refractivity contribution is -0.741. The van der Waals surface area contributed by atoms with Crippen molar-refractivity contribution in [2.24, 2.45) is 0 Å². The molecule has 5 heteroatoms. The molecule has 1 heterocycles. The van der Waals surface area contributed by atoms with Gasteiger partial charge >= 0.3 is 0 Å². The summed E-state index contributed by atoms with van der Waals surface area (Å²) in [5, 5.41) is 16.8. The van der Waals surface area contributed by atoms with Crippen LogP contribution in [0.3, 0.4) is 0 Å². The Kier molecular flexibility index (Phi) is 5.93. The summed E-state index contributed by atoms with van der Waals surface area (Å²) in [6.07, 6.45) is 5.74. The Morgan fingerprint density at radius 2 is 2.04 bits per heavy atom. The molecule has 0 saturated heterocycles. The van der Waals surface area contributed by atoms with Gasteiger partial charge in [0.2, 0.25) is 0 Å². The highest BCUT2D eigenvalue weighted by molar-refractivity contribution is 7.11. The molecule has 1 aromatic heterocycles. The van der Waals surface area contributed by atoms with E-state index in [1.54, 1.807) is 11.3 Å². The summed E-state index contributed by atoms with van der Waals surface area (Å²) >= 11 is 1.62. The van der Waals surface area contributed by atoms with Gasteiger partial charge in [0.25, 0.3) is 5.01 Å². The quantitative estimate of drug-likeness (QED) is 0.622. The Hall–Kier alpha value is -2.14. The third-order valence-electron chi connectivity index (χ3n) is 3.62. The fourth-order valence-corrected chi connectivity index (χ4v) is 3.24. The maximum Gasteiger partial charge on any atom is 0.289 e. The maximum atomic E-state index is 10.3. The van der Waals surface area contributed by atoms with Gasteiger partial charge in [0.1, 0.15) is 5.75 Å². The molecule has 0 amide bonds. The monoisotopic (exact) mass is 330 g/mol. The third-order valence-corrected chi connectivity index (χ3v) is 4.55. The number of hydrogen-bond donors (Lipinski definition) is 1. The predicted octanol–water partition coefficient (Wildman–Crippen LogP) is 3.65. The number of aromatic hydroxyl groups is 1. The molecule has 0 atom stereocenters. The van der Waals surface area contributed by atoms with Crippen molar-refractivity contribution < 1.29 is 9.79 Å². The van der Waals surface area contributed by atoms with E-state index in [0.29, 0.717) is 12.3 Å². The molecule has 2 aromatic rings. The van der Waals surface area contributed by atoms with Crippen molar-refractivity contribution in [3.05, 3.63) is 46.4 Å². The Morgan fingerprint density at radius 3 is 2.65 bits per heavy atom. The van der Waals surface area contributed by atoms with Gasteiger partial charge in [0.05, 0.1) is 0 Å². The van der Waals surface area contributed by atoms with Gasteiger partial charge in [-0.1, -0.05) is 11.3 Å². The SMILES string of the molecule is C=CC[n+]1nc(C)sc1/C=C/c1ccc(N(CC)CC)cc1O. The zero-order valence-electron chi connectivity index (χ0n) is 14.0. The van der Waals surface area contributed by atoms with Crippen molar-refractivity contribution in [3.8, 4) is 5.75 Å². The third kappa shape index (κ3) is 4.20. The van der Waals surface area contributed by atoms with E-state index in [1.807, 2.05) is 48.0 Å². The molecule has 0 fully saturated rings. The highest BCUT2D eigenvalue weighted by atomic mass is 32.1. The summed E-state index contributed by atoms with van der Waals surface area (Å²) in [5.41, 5.74) is 1.84. The Balaban J connectivity index is 2.25. The maximum absolute atomic E-state index is 10.3. The highest BCUT2D eigenvalue weighted by Crippen LogP contribution is 2.26. The zero-order chi connectivity index (χ0) is 16.8. The van der Waals surface area contributed by atoms with E-state index in [9.17, 15) is 5.11 Å². The summed E-state index contributed by atoms with van der Waals surface area (Å²) < 4.78 is 1.91. The normalized spacial score (nSPS) is 11.1. The number of anilines is 1. The number of rotatable bonds is 7. The van der Waals surface area contributed by atoms with Crippen molar-refractivity contribution in [1.82, 2.24) is 5.10 Å². The molecule has 0 spiro atoms. The molecule has 1 aromatic carbocycles. The van der Waals surface area contributed by atoms with Crippen LogP contribution in [-0.4, -0.2) is 23.3 Å². The fourth-order valence-electron chi connectivity index (χ4n) is 2.44. The molecule has 4 nitrogen and oxygen atoms in total. The lowest BCUT2D eigenvalue weighted by Gasteiger charge is -2.21. The topological polar surface area (TPSA) is 40.2 Å². The predicted molar refractivity (Wildman–Crippen MR) is 97.8 cm³/mol. The highest BCUT2D eigenvalue weighted by Gasteiger charge is 2.13. The van der Waals surface area contributed by atoms with E-state index >= 15 is 0 Å². The second-order valence-electron chi connectivity index (χ2n) is 5.18. The number of hydrogen-bond acceptors (Lipinski definition) is 4. The van der Waals surface area contributed by atoms with Crippen LogP contribution in [0, 0.1) is 6.92 Å². The molecule has 122 valence electrons. The van der Waals surface area contributed by atoms with Crippen LogP contribution in [-0.2, 0) is 6.54 Å². The molecule has 0 aliphatic rings. The molecule has 0 unspecified atom stereocenters. The lowest BCUT2D eigenvalue weighted by Crippen LogP contribution is -2.37. The molecule has 0 bridgehead atoms. The van der Waals surface area contributed by atoms with Gasteiger partial charge in [-0.05, 0) is 56.4 Å². The van der Waals surface area contributed by atoms with Crippen molar-refractivity contribution in [3.63, 3.8) is 0 Å². The number of phenols is 1. The van der Waals surface area contributed by atoms with Crippen LogP contribution in [0.15, 0.2) is 30.9 Å². The molecule has 2 rings (SSSR count). The van der Waals surface area contributed by atoms with Crippen molar-refractivity contribution in [2.75, 3.05) is 18.0 Å². The molecule has 23 heavy (non-hydrogen) atoms. The van der Waals surface area contributed by atoms with Crippen LogP contribution in [0.4, 0.5) is 5.69 Å². The van der Waals surface area contributed by atoms with Gasteiger partial charge in [0.15, 0.2) is 11.6 Å². The van der Waals surface area contributed by atoms with Crippen LogP contribution >= 0.6 is 11.3 Å². The second kappa shape index (κ2) is 7.92. The fraction of sp³-hybridized carbons (Fsp3) is 0.333. The number of benzene rings is 1. The van der Waals surface area contributed by atoms with Gasteiger partial charge < -0.3 is 10.0 Å². The first-order valence-corrected chi connectivity index (χ1v) is 8.65. The van der Waals surface area contributed by atoms with Gasteiger partial charge in [-0.3, -0.25) is 0 Å². The first-order valence-electron chi connectivity index (χ1n) is 7.83. The minimum Gasteiger partial charge on any atom is -0.507 e. The Labute approximate surface area is 142 Å². The minimum atomic E-state index is 0.294. The van der Waals surface area contributed by atoms with Crippen LogP contribution in [0.25, 0.3) is 12.2 Å². The first-order chi connectivity index (χ1) is 11.1. The van der Waals surface area contributed by atoms with Gasteiger partial charge in [0, 0.05) is 41.6 Å². The second-order valence-corrected chi connectivity index (χ2v) is 6.39. The van der Waals surface area contributed by atoms with Crippen molar-refractivity contribution in [1.29, 1.82) is 0 Å². The molecule has 1 N–H and O–H groups in total. The largest absolute Gasteiger partial charge is 0.507 e. The molecule has 0 radical (unpaired) electrons. The molecule has 0 aliphatic carbocycles. The van der Waals surface area contributed by atoms with E-state index in [1.165, 1.54) is 0 Å². The van der Waals surface area contributed by atoms with E-state index < -0.39 is 0 Å². The Bertz CT molecular complexity index is 702. The van der Waals surface area contributed by atoms with Gasteiger partial charge in [-0.15, -0.1) is 0 Å². The van der Waals surface area contributed by atoms with Gasteiger partial charge in [-0.25, -0.2) is 0 Å². The average Bonchev–Trinajstić information content (AvgIpc) is 2.88. The smallest absolute Gasteiger partial charge is 0.289 e. The van der Waals surface area contributed by atoms with E-state index in [-0.39, 0.29) is 0 Å². The first kappa shape index (κ1) is 17.2. The minimum absolute atomic E-state index is 0.294. The van der Waals surface area contributed by atoms with Gasteiger partial charge in [-0.2, -0.15) is 0 Å². The summed E-state index contributed by atoms with van der Waals surface area (Å²) in [4.78, 5) is 2.21. The van der Waals surface area contributed by atoms with Crippen LogP contribution < -0.4 is 9.58 Å². The summed E-state index contributed by atoms with van der Waals surface area (Å²) in [6.45, 7) is 12.5. The van der Waals surface area contributed by atoms with Crippen molar-refractivity contribution >= 4 is 29.2 Å². The zero-order valence-corrected chi connectivity index (χ0v) is 14.8. The average molecular weight is 330 g/mol. The summed E-state index contributed by atoms with van der Waals surface area (Å²) in [6, 6.07) is 5.82. The number of aryl methyl sites for hydroxylation is 1. The van der Waals surface area contributed by atoms with E-state index in [2.05, 4.69) is 30.4 Å². The van der Waals surface area contributed by atoms with Crippen LogP contribution in [0.5, 0.6) is 5.75 Å². The number of aromatic nitrogens is 2.